The minimum absolute atomic E-state index is 0.232. The van der Waals surface area contributed by atoms with Crippen LogP contribution in [0.4, 0.5) is 0 Å². The predicted molar refractivity (Wildman–Crippen MR) is 161 cm³/mol. The third kappa shape index (κ3) is 4.96. The Hall–Kier alpha value is -3.22. The van der Waals surface area contributed by atoms with Crippen LogP contribution in [-0.2, 0) is 11.8 Å². The molecule has 202 valence electrons. The highest BCUT2D eigenvalue weighted by atomic mass is 32.1. The molecule has 0 spiro atoms. The molecule has 3 aromatic heterocycles. The molecule has 1 aliphatic carbocycles. The van der Waals surface area contributed by atoms with Gasteiger partial charge in [-0.05, 0) is 84.7 Å². The average Bonchev–Trinajstić information content (AvgIpc) is 3.55. The number of carbonyl (C=O) groups excluding carboxylic acids is 1. The molecule has 0 unspecified atom stereocenters. The number of esters is 1. The number of nitrogens with zero attached hydrogens (tertiary/aromatic N) is 3. The molecule has 0 amide bonds. The van der Waals surface area contributed by atoms with E-state index in [0.717, 1.165) is 68.6 Å². The van der Waals surface area contributed by atoms with E-state index in [9.17, 15) is 4.79 Å². The number of thiophene rings is 1. The van der Waals surface area contributed by atoms with E-state index in [1.54, 1.807) is 16.9 Å². The van der Waals surface area contributed by atoms with Crippen LogP contribution >= 0.6 is 11.3 Å². The molecule has 0 N–H and O–H groups in total. The van der Waals surface area contributed by atoms with Gasteiger partial charge in [0.05, 0.1) is 12.8 Å². The standard InChI is InChI=1S/C33H37N3O2S/c1-21-7-9-22(10-8-21)28-20-35(2)17-15-26(28)27-19-30(39-31(27)33(37)38-4)24-13-11-23(12-14-24)29-18-25-6-5-16-34-32(25)36(29)3/h5-6,11-14,16,18-19,21-22H,7-10,15,17,20H2,1-4H3. The van der Waals surface area contributed by atoms with Crippen molar-refractivity contribution in [3.8, 4) is 21.7 Å². The maximum absolute atomic E-state index is 13.0. The molecular formula is C33H37N3O2S. The Bertz CT molecular complexity index is 1540. The smallest absolute Gasteiger partial charge is 0.348 e. The second kappa shape index (κ2) is 10.7. The summed E-state index contributed by atoms with van der Waals surface area (Å²) in [5.74, 6) is 1.20. The van der Waals surface area contributed by atoms with Gasteiger partial charge in [-0.1, -0.05) is 44.0 Å². The normalized spacial score (nSPS) is 20.5. The Labute approximate surface area is 235 Å². The van der Waals surface area contributed by atoms with Crippen LogP contribution in [0.3, 0.4) is 0 Å². The average molecular weight is 540 g/mol. The van der Waals surface area contributed by atoms with Gasteiger partial charge in [0, 0.05) is 42.2 Å². The number of rotatable bonds is 5. The lowest BCUT2D eigenvalue weighted by molar-refractivity contribution is 0.0606. The van der Waals surface area contributed by atoms with Gasteiger partial charge in [-0.15, -0.1) is 11.3 Å². The summed E-state index contributed by atoms with van der Waals surface area (Å²) < 4.78 is 7.42. The molecule has 0 bridgehead atoms. The zero-order valence-electron chi connectivity index (χ0n) is 23.4. The Morgan fingerprint density at radius 1 is 1.03 bits per heavy atom. The van der Waals surface area contributed by atoms with Crippen LogP contribution in [0.2, 0.25) is 0 Å². The summed E-state index contributed by atoms with van der Waals surface area (Å²) in [7, 11) is 5.77. The van der Waals surface area contributed by atoms with Gasteiger partial charge in [0.25, 0.3) is 0 Å². The van der Waals surface area contributed by atoms with Crippen molar-refractivity contribution in [1.29, 1.82) is 0 Å². The molecule has 1 aromatic carbocycles. The Balaban J connectivity index is 1.38. The van der Waals surface area contributed by atoms with Gasteiger partial charge >= 0.3 is 5.97 Å². The van der Waals surface area contributed by atoms with E-state index < -0.39 is 0 Å². The summed E-state index contributed by atoms with van der Waals surface area (Å²) in [5.41, 5.74) is 8.42. The monoisotopic (exact) mass is 539 g/mol. The van der Waals surface area contributed by atoms with Crippen LogP contribution in [-0.4, -0.2) is 47.7 Å². The summed E-state index contributed by atoms with van der Waals surface area (Å²) >= 11 is 1.56. The van der Waals surface area contributed by atoms with Crippen molar-refractivity contribution < 1.29 is 9.53 Å². The molecular weight excluding hydrogens is 502 g/mol. The van der Waals surface area contributed by atoms with E-state index >= 15 is 0 Å². The SMILES string of the molecule is COC(=O)c1sc(-c2ccc(-c3cc4cccnc4n3C)cc2)cc1C1=C(C2CCC(C)CC2)CN(C)CC1. The van der Waals surface area contributed by atoms with Crippen molar-refractivity contribution in [3.05, 3.63) is 70.7 Å². The number of likely N-dealkylation sites (N-methyl/N-ethyl adjacent to an activating group) is 1. The minimum Gasteiger partial charge on any atom is -0.465 e. The fourth-order valence-electron chi connectivity index (χ4n) is 6.46. The molecule has 0 radical (unpaired) electrons. The Morgan fingerprint density at radius 2 is 1.77 bits per heavy atom. The fraction of sp³-hybridized carbons (Fsp3) is 0.394. The van der Waals surface area contributed by atoms with Crippen molar-refractivity contribution in [1.82, 2.24) is 14.5 Å². The van der Waals surface area contributed by atoms with E-state index in [2.05, 4.69) is 77.9 Å². The molecule has 4 aromatic rings. The van der Waals surface area contributed by atoms with Crippen LogP contribution in [0.15, 0.2) is 60.3 Å². The lowest BCUT2D eigenvalue weighted by atomic mass is 9.75. The van der Waals surface area contributed by atoms with Gasteiger partial charge in [-0.25, -0.2) is 9.78 Å². The van der Waals surface area contributed by atoms with Gasteiger partial charge in [-0.3, -0.25) is 0 Å². The lowest BCUT2D eigenvalue weighted by Gasteiger charge is -2.35. The first-order chi connectivity index (χ1) is 18.9. The number of hydrogen-bond acceptors (Lipinski definition) is 5. The maximum atomic E-state index is 13.0. The first-order valence-corrected chi connectivity index (χ1v) is 14.9. The number of aromatic nitrogens is 2. The van der Waals surface area contributed by atoms with Gasteiger partial charge < -0.3 is 14.2 Å². The number of hydrogen-bond donors (Lipinski definition) is 0. The second-order valence-corrected chi connectivity index (χ2v) is 12.4. The van der Waals surface area contributed by atoms with E-state index in [0.29, 0.717) is 5.92 Å². The van der Waals surface area contributed by atoms with Crippen LogP contribution in [0.1, 0.15) is 54.3 Å². The second-order valence-electron chi connectivity index (χ2n) is 11.4. The van der Waals surface area contributed by atoms with Gasteiger partial charge in [0.1, 0.15) is 10.5 Å². The van der Waals surface area contributed by atoms with Crippen LogP contribution in [0, 0.1) is 11.8 Å². The van der Waals surface area contributed by atoms with Gasteiger partial charge in [-0.2, -0.15) is 0 Å². The maximum Gasteiger partial charge on any atom is 0.348 e. The molecule has 1 aliphatic heterocycles. The van der Waals surface area contributed by atoms with E-state index in [1.165, 1.54) is 38.4 Å². The highest BCUT2D eigenvalue weighted by Gasteiger charge is 2.30. The van der Waals surface area contributed by atoms with Gasteiger partial charge in [0.2, 0.25) is 0 Å². The molecule has 39 heavy (non-hydrogen) atoms. The summed E-state index contributed by atoms with van der Waals surface area (Å²) in [4.78, 5) is 21.8. The fourth-order valence-corrected chi connectivity index (χ4v) is 7.57. The zero-order chi connectivity index (χ0) is 27.1. The summed E-state index contributed by atoms with van der Waals surface area (Å²) in [6.45, 7) is 4.39. The summed E-state index contributed by atoms with van der Waals surface area (Å²) in [6, 6.07) is 17.2. The van der Waals surface area contributed by atoms with Crippen LogP contribution < -0.4 is 0 Å². The molecule has 6 heteroatoms. The summed E-state index contributed by atoms with van der Waals surface area (Å²) in [5, 5.41) is 1.14. The number of aryl methyl sites for hydroxylation is 1. The topological polar surface area (TPSA) is 47.4 Å². The van der Waals surface area contributed by atoms with E-state index in [4.69, 9.17) is 4.74 Å². The lowest BCUT2D eigenvalue weighted by Crippen LogP contribution is -2.31. The van der Waals surface area contributed by atoms with Crippen molar-refractivity contribution in [2.75, 3.05) is 27.2 Å². The van der Waals surface area contributed by atoms with Crippen LogP contribution in [0.5, 0.6) is 0 Å². The van der Waals surface area contributed by atoms with Crippen molar-refractivity contribution in [2.24, 2.45) is 18.9 Å². The Morgan fingerprint density at radius 3 is 2.49 bits per heavy atom. The van der Waals surface area contributed by atoms with Crippen molar-refractivity contribution in [2.45, 2.75) is 39.0 Å². The molecule has 0 atom stereocenters. The van der Waals surface area contributed by atoms with E-state index in [1.807, 2.05) is 12.3 Å². The number of pyridine rings is 1. The quantitative estimate of drug-likeness (QED) is 0.244. The Kier molecular flexibility index (Phi) is 7.17. The third-order valence-electron chi connectivity index (χ3n) is 8.76. The number of benzene rings is 1. The van der Waals surface area contributed by atoms with Crippen molar-refractivity contribution >= 4 is 33.9 Å². The molecule has 1 saturated carbocycles. The van der Waals surface area contributed by atoms with E-state index in [-0.39, 0.29) is 5.97 Å². The van der Waals surface area contributed by atoms with Crippen molar-refractivity contribution in [3.63, 3.8) is 0 Å². The summed E-state index contributed by atoms with van der Waals surface area (Å²) in [6.07, 6.45) is 7.91. The van der Waals surface area contributed by atoms with Crippen LogP contribution in [0.25, 0.3) is 38.3 Å². The third-order valence-corrected chi connectivity index (χ3v) is 9.93. The highest BCUT2D eigenvalue weighted by molar-refractivity contribution is 7.17. The minimum atomic E-state index is -0.232. The number of fused-ring (bicyclic) bond motifs is 1. The largest absolute Gasteiger partial charge is 0.465 e. The molecule has 1 fully saturated rings. The molecule has 4 heterocycles. The highest BCUT2D eigenvalue weighted by Crippen LogP contribution is 2.44. The molecule has 6 rings (SSSR count). The number of carbonyl (C=O) groups is 1. The first-order valence-electron chi connectivity index (χ1n) is 14.1. The van der Waals surface area contributed by atoms with Gasteiger partial charge in [0.15, 0.2) is 0 Å². The first kappa shape index (κ1) is 26.0. The predicted octanol–water partition coefficient (Wildman–Crippen LogP) is 7.67. The number of methoxy groups -OCH3 is 1. The molecule has 5 nitrogen and oxygen atoms in total. The molecule has 0 saturated heterocycles. The zero-order valence-corrected chi connectivity index (χ0v) is 24.2. The number of ether oxygens (including phenoxy) is 1. The molecule has 2 aliphatic rings.